The summed E-state index contributed by atoms with van der Waals surface area (Å²) < 4.78 is 0. The molecule has 19 heavy (non-hydrogen) atoms. The van der Waals surface area contributed by atoms with Gasteiger partial charge in [-0.3, -0.25) is 9.78 Å². The highest BCUT2D eigenvalue weighted by molar-refractivity contribution is 7.99. The Kier molecular flexibility index (Phi) is 4.62. The molecule has 1 aliphatic rings. The van der Waals surface area contributed by atoms with E-state index >= 15 is 0 Å². The zero-order valence-electron chi connectivity index (χ0n) is 10.3. The minimum atomic E-state index is -0.883. The van der Waals surface area contributed by atoms with Crippen molar-refractivity contribution in [3.05, 3.63) is 24.5 Å². The van der Waals surface area contributed by atoms with E-state index in [1.165, 1.54) is 0 Å². The van der Waals surface area contributed by atoms with Crippen LogP contribution in [0, 0.1) is 0 Å². The molecule has 6 nitrogen and oxygen atoms in total. The molecule has 0 radical (unpaired) electrons. The van der Waals surface area contributed by atoms with E-state index in [4.69, 9.17) is 5.11 Å². The Balaban J connectivity index is 2.01. The van der Waals surface area contributed by atoms with E-state index in [1.54, 1.807) is 41.2 Å². The van der Waals surface area contributed by atoms with E-state index in [0.29, 0.717) is 18.0 Å². The molecule has 1 atom stereocenters. The average molecular weight is 281 g/mol. The first-order chi connectivity index (χ1) is 9.16. The molecule has 2 N–H and O–H groups in total. The van der Waals surface area contributed by atoms with Gasteiger partial charge in [0.25, 0.3) is 0 Å². The summed E-state index contributed by atoms with van der Waals surface area (Å²) in [6.07, 6.45) is 3.16. The predicted octanol–water partition coefficient (Wildman–Crippen LogP) is 1.51. The molecular weight excluding hydrogens is 266 g/mol. The minimum Gasteiger partial charge on any atom is -0.481 e. The Hall–Kier alpha value is -1.76. The topological polar surface area (TPSA) is 82.5 Å². The number of amides is 2. The number of nitrogens with zero attached hydrogens (tertiary/aromatic N) is 2. The van der Waals surface area contributed by atoms with Gasteiger partial charge in [-0.15, -0.1) is 0 Å². The average Bonchev–Trinajstić information content (AvgIpc) is 2.39. The normalized spacial score (nSPS) is 18.9. The van der Waals surface area contributed by atoms with Crippen LogP contribution < -0.4 is 5.32 Å². The van der Waals surface area contributed by atoms with Crippen LogP contribution in [0.25, 0.3) is 0 Å². The number of anilines is 1. The molecule has 1 aromatic rings. The molecule has 0 aromatic carbocycles. The number of carbonyl (C=O) groups excluding carboxylic acids is 1. The second-order valence-corrected chi connectivity index (χ2v) is 5.34. The number of hydrogen-bond donors (Lipinski definition) is 2. The zero-order chi connectivity index (χ0) is 13.7. The van der Waals surface area contributed by atoms with Crippen molar-refractivity contribution in [3.8, 4) is 0 Å². The highest BCUT2D eigenvalue weighted by Gasteiger charge is 2.28. The van der Waals surface area contributed by atoms with Crippen molar-refractivity contribution in [1.29, 1.82) is 0 Å². The first-order valence-electron chi connectivity index (χ1n) is 5.94. The molecule has 1 unspecified atom stereocenters. The lowest BCUT2D eigenvalue weighted by atomic mass is 10.2. The number of nitrogens with one attached hydrogen (secondary N) is 1. The fraction of sp³-hybridized carbons (Fsp3) is 0.417. The van der Waals surface area contributed by atoms with E-state index in [0.717, 1.165) is 5.75 Å². The highest BCUT2D eigenvalue weighted by Crippen LogP contribution is 2.20. The maximum atomic E-state index is 12.1. The molecule has 2 amide bonds. The molecule has 0 bridgehead atoms. The third-order valence-corrected chi connectivity index (χ3v) is 3.90. The van der Waals surface area contributed by atoms with E-state index in [2.05, 4.69) is 10.3 Å². The Morgan fingerprint density at radius 3 is 3.11 bits per heavy atom. The van der Waals surface area contributed by atoms with Gasteiger partial charge in [0.1, 0.15) is 0 Å². The van der Waals surface area contributed by atoms with Crippen molar-refractivity contribution in [2.45, 2.75) is 12.5 Å². The summed E-state index contributed by atoms with van der Waals surface area (Å²) in [6.45, 7) is 0.564. The maximum absolute atomic E-state index is 12.1. The Bertz CT molecular complexity index is 455. The Morgan fingerprint density at radius 1 is 1.58 bits per heavy atom. The fourth-order valence-corrected chi connectivity index (χ4v) is 2.99. The Morgan fingerprint density at radius 2 is 2.42 bits per heavy atom. The number of rotatable bonds is 3. The van der Waals surface area contributed by atoms with Gasteiger partial charge in [0.15, 0.2) is 0 Å². The molecule has 1 aliphatic heterocycles. The van der Waals surface area contributed by atoms with Crippen LogP contribution in [0.3, 0.4) is 0 Å². The molecule has 1 fully saturated rings. The van der Waals surface area contributed by atoms with Crippen LogP contribution in [-0.4, -0.2) is 51.1 Å². The van der Waals surface area contributed by atoms with Crippen molar-refractivity contribution in [1.82, 2.24) is 9.88 Å². The summed E-state index contributed by atoms with van der Waals surface area (Å²) in [5.74, 6) is 0.607. The molecule has 2 heterocycles. The number of carbonyl (C=O) groups is 2. The monoisotopic (exact) mass is 281 g/mol. The lowest BCUT2D eigenvalue weighted by Gasteiger charge is -2.34. The maximum Gasteiger partial charge on any atom is 0.322 e. The van der Waals surface area contributed by atoms with Crippen LogP contribution in [0.15, 0.2) is 24.5 Å². The van der Waals surface area contributed by atoms with E-state index in [-0.39, 0.29) is 18.5 Å². The van der Waals surface area contributed by atoms with Gasteiger partial charge in [-0.05, 0) is 12.1 Å². The van der Waals surface area contributed by atoms with Gasteiger partial charge in [0.05, 0.1) is 24.3 Å². The van der Waals surface area contributed by atoms with E-state index in [1.807, 2.05) is 0 Å². The van der Waals surface area contributed by atoms with Gasteiger partial charge in [-0.25, -0.2) is 4.79 Å². The molecular formula is C12H15N3O3S. The summed E-state index contributed by atoms with van der Waals surface area (Å²) in [6, 6.07) is 2.96. The van der Waals surface area contributed by atoms with Crippen LogP contribution in [0.2, 0.25) is 0 Å². The number of carboxylic acids is 1. The number of carboxylic acid groups (broad SMARTS) is 1. The van der Waals surface area contributed by atoms with Gasteiger partial charge >= 0.3 is 12.0 Å². The van der Waals surface area contributed by atoms with Gasteiger partial charge in [-0.1, -0.05) is 0 Å². The van der Waals surface area contributed by atoms with Gasteiger partial charge in [0.2, 0.25) is 0 Å². The van der Waals surface area contributed by atoms with Crippen LogP contribution in [-0.2, 0) is 4.79 Å². The quantitative estimate of drug-likeness (QED) is 0.877. The minimum absolute atomic E-state index is 0.0204. The molecule has 1 saturated heterocycles. The third kappa shape index (κ3) is 3.85. The number of hydrogen-bond acceptors (Lipinski definition) is 4. The second kappa shape index (κ2) is 6.42. The van der Waals surface area contributed by atoms with Gasteiger partial charge in [0, 0.05) is 24.2 Å². The van der Waals surface area contributed by atoms with E-state index < -0.39 is 5.97 Å². The molecule has 0 saturated carbocycles. The number of thioether (sulfide) groups is 1. The van der Waals surface area contributed by atoms with Gasteiger partial charge < -0.3 is 15.3 Å². The standard InChI is InChI=1S/C12H15N3O3S/c16-11(17)6-10-8-19-5-4-15(10)12(18)14-9-2-1-3-13-7-9/h1-3,7,10H,4-6,8H2,(H,14,18)(H,16,17). The SMILES string of the molecule is O=C(O)CC1CSCCN1C(=O)Nc1cccnc1. The molecule has 0 aliphatic carbocycles. The summed E-state index contributed by atoms with van der Waals surface area (Å²) in [5.41, 5.74) is 0.611. The Labute approximate surface area is 115 Å². The smallest absolute Gasteiger partial charge is 0.322 e. The lowest BCUT2D eigenvalue weighted by Crippen LogP contribution is -2.48. The van der Waals surface area contributed by atoms with Crippen LogP contribution in [0.4, 0.5) is 10.5 Å². The summed E-state index contributed by atoms with van der Waals surface area (Å²) >= 11 is 1.68. The molecule has 7 heteroatoms. The number of aliphatic carboxylic acids is 1. The van der Waals surface area contributed by atoms with Gasteiger partial charge in [-0.2, -0.15) is 11.8 Å². The van der Waals surface area contributed by atoms with Crippen LogP contribution in [0.5, 0.6) is 0 Å². The largest absolute Gasteiger partial charge is 0.481 e. The number of pyridine rings is 1. The third-order valence-electron chi connectivity index (χ3n) is 2.81. The fourth-order valence-electron chi connectivity index (χ4n) is 1.92. The van der Waals surface area contributed by atoms with Crippen molar-refractivity contribution in [2.75, 3.05) is 23.4 Å². The lowest BCUT2D eigenvalue weighted by molar-refractivity contribution is -0.137. The first kappa shape index (κ1) is 13.7. The highest BCUT2D eigenvalue weighted by atomic mass is 32.2. The molecule has 0 spiro atoms. The summed E-state index contributed by atoms with van der Waals surface area (Å²) in [7, 11) is 0. The predicted molar refractivity (Wildman–Crippen MR) is 73.3 cm³/mol. The summed E-state index contributed by atoms with van der Waals surface area (Å²) in [5, 5.41) is 11.6. The van der Waals surface area contributed by atoms with E-state index in [9.17, 15) is 9.59 Å². The zero-order valence-corrected chi connectivity index (χ0v) is 11.1. The second-order valence-electron chi connectivity index (χ2n) is 4.19. The van der Waals surface area contributed by atoms with Crippen molar-refractivity contribution < 1.29 is 14.7 Å². The van der Waals surface area contributed by atoms with Crippen molar-refractivity contribution >= 4 is 29.4 Å². The number of aromatic nitrogens is 1. The van der Waals surface area contributed by atoms with Crippen LogP contribution >= 0.6 is 11.8 Å². The molecule has 2 rings (SSSR count). The van der Waals surface area contributed by atoms with Crippen molar-refractivity contribution in [3.63, 3.8) is 0 Å². The number of urea groups is 1. The van der Waals surface area contributed by atoms with Crippen LogP contribution in [0.1, 0.15) is 6.42 Å². The first-order valence-corrected chi connectivity index (χ1v) is 7.09. The van der Waals surface area contributed by atoms with Crippen molar-refractivity contribution in [2.24, 2.45) is 0 Å². The summed E-state index contributed by atoms with van der Waals surface area (Å²) in [4.78, 5) is 28.5. The molecule has 1 aromatic heterocycles. The molecule has 102 valence electrons.